The van der Waals surface area contributed by atoms with E-state index in [0.29, 0.717) is 49.7 Å². The van der Waals surface area contributed by atoms with Gasteiger partial charge in [0, 0.05) is 23.8 Å². The van der Waals surface area contributed by atoms with Crippen LogP contribution in [0.1, 0.15) is 65.1 Å². The Morgan fingerprint density at radius 2 is 1.97 bits per heavy atom. The average molecular weight is 529 g/mol. The number of H-pyrrole nitrogens is 1. The molecule has 3 aromatic rings. The molecule has 10 heteroatoms. The number of fused-ring (bicyclic) bond motifs is 2. The van der Waals surface area contributed by atoms with Gasteiger partial charge in [-0.2, -0.15) is 5.26 Å². The Morgan fingerprint density at radius 3 is 2.64 bits per heavy atom. The second-order valence-electron chi connectivity index (χ2n) is 10.7. The predicted octanol–water partition coefficient (Wildman–Crippen LogP) is 2.99. The molecule has 0 bridgehead atoms. The molecule has 2 aromatic carbocycles. The van der Waals surface area contributed by atoms with Crippen molar-refractivity contribution in [3.8, 4) is 6.07 Å². The Hall–Kier alpha value is -4.10. The minimum Gasteiger partial charge on any atom is -0.366 e. The van der Waals surface area contributed by atoms with Crippen LogP contribution in [0.2, 0.25) is 0 Å². The summed E-state index contributed by atoms with van der Waals surface area (Å²) in [5, 5.41) is 28.3. The zero-order chi connectivity index (χ0) is 27.7. The zero-order valence-electron chi connectivity index (χ0n) is 22.2. The zero-order valence-corrected chi connectivity index (χ0v) is 22.2. The quantitative estimate of drug-likeness (QED) is 0.382. The van der Waals surface area contributed by atoms with Crippen molar-refractivity contribution in [3.63, 3.8) is 0 Å². The largest absolute Gasteiger partial charge is 0.366 e. The molecule has 0 radical (unpaired) electrons. The standard InChI is InChI=1S/C29H33FN8O/c1-17-12-24(15-31)38(19(17)3)18(2)16-33-11-10-29(28-34-36-37-35-28)25-8-6-22(27(32)39)13-20(25)4-5-21-14-23(30)7-9-26(21)29/h6-9,13-14,17,19,24,33H,2,4-5,10-12,16H2,1,3H3,(H2,32,39)(H,34,35,36,37)/t17-,19?,24?,29?/m0/s1. The van der Waals surface area contributed by atoms with Gasteiger partial charge in [0.05, 0.1) is 11.5 Å². The molecule has 1 amide bonds. The van der Waals surface area contributed by atoms with Gasteiger partial charge in [-0.05, 0) is 102 Å². The van der Waals surface area contributed by atoms with Crippen molar-refractivity contribution in [2.24, 2.45) is 11.7 Å². The molecule has 2 aliphatic rings. The fraction of sp³-hybridized carbons (Fsp3) is 0.414. The second kappa shape index (κ2) is 10.6. The first-order valence-electron chi connectivity index (χ1n) is 13.3. The first-order chi connectivity index (χ1) is 18.8. The first kappa shape index (κ1) is 26.5. The fourth-order valence-electron chi connectivity index (χ4n) is 6.40. The molecular weight excluding hydrogens is 495 g/mol. The monoisotopic (exact) mass is 528 g/mol. The molecule has 1 fully saturated rings. The number of nitrogens with two attached hydrogens (primary N) is 1. The van der Waals surface area contributed by atoms with Gasteiger partial charge in [0.2, 0.25) is 5.91 Å². The van der Waals surface area contributed by atoms with Gasteiger partial charge in [0.15, 0.2) is 5.82 Å². The summed E-state index contributed by atoms with van der Waals surface area (Å²) in [7, 11) is 0. The van der Waals surface area contributed by atoms with Gasteiger partial charge < -0.3 is 16.0 Å². The third-order valence-corrected chi connectivity index (χ3v) is 8.50. The number of carbonyl (C=O) groups is 1. The van der Waals surface area contributed by atoms with Gasteiger partial charge in [-0.1, -0.05) is 25.6 Å². The van der Waals surface area contributed by atoms with E-state index in [4.69, 9.17) is 5.73 Å². The number of hydrogen-bond acceptors (Lipinski definition) is 7. The van der Waals surface area contributed by atoms with Crippen LogP contribution in [0.15, 0.2) is 48.7 Å². The van der Waals surface area contributed by atoms with E-state index < -0.39 is 11.3 Å². The third-order valence-electron chi connectivity index (χ3n) is 8.50. The first-order valence-corrected chi connectivity index (χ1v) is 13.3. The molecule has 39 heavy (non-hydrogen) atoms. The Morgan fingerprint density at radius 1 is 1.26 bits per heavy atom. The molecule has 1 aliphatic heterocycles. The molecule has 202 valence electrons. The van der Waals surface area contributed by atoms with Gasteiger partial charge in [-0.3, -0.25) is 4.79 Å². The molecule has 1 saturated heterocycles. The number of aromatic amines is 1. The predicted molar refractivity (Wildman–Crippen MR) is 144 cm³/mol. The van der Waals surface area contributed by atoms with Crippen LogP contribution in [0, 0.1) is 23.1 Å². The van der Waals surface area contributed by atoms with Gasteiger partial charge in [-0.25, -0.2) is 9.49 Å². The number of aryl methyl sites for hydroxylation is 2. The number of amides is 1. The molecule has 2 heterocycles. The van der Waals surface area contributed by atoms with Crippen LogP contribution >= 0.6 is 0 Å². The highest BCUT2D eigenvalue weighted by Gasteiger charge is 2.44. The van der Waals surface area contributed by atoms with E-state index in [-0.39, 0.29) is 17.9 Å². The number of nitrogens with zero attached hydrogens (tertiary/aromatic N) is 5. The number of nitrogens with one attached hydrogen (secondary N) is 2. The Labute approximate surface area is 227 Å². The highest BCUT2D eigenvalue weighted by molar-refractivity contribution is 5.93. The maximum Gasteiger partial charge on any atom is 0.248 e. The number of hydrogen-bond donors (Lipinski definition) is 3. The van der Waals surface area contributed by atoms with Crippen molar-refractivity contribution in [2.75, 3.05) is 13.1 Å². The van der Waals surface area contributed by atoms with E-state index in [1.165, 1.54) is 6.07 Å². The third kappa shape index (κ3) is 4.68. The van der Waals surface area contributed by atoms with E-state index in [1.807, 2.05) is 18.2 Å². The number of tetrazole rings is 1. The molecule has 1 aliphatic carbocycles. The lowest BCUT2D eigenvalue weighted by Gasteiger charge is -2.35. The summed E-state index contributed by atoms with van der Waals surface area (Å²) in [6.07, 6.45) is 2.58. The molecule has 0 saturated carbocycles. The maximum absolute atomic E-state index is 14.4. The molecule has 3 unspecified atom stereocenters. The minimum atomic E-state index is -0.826. The second-order valence-corrected chi connectivity index (χ2v) is 10.7. The SMILES string of the molecule is C=C(CNCCC1(c2nnn[nH]2)c2ccc(F)cc2CCc2cc(C(N)=O)ccc21)N1C(C#N)C[C@H](C)C1C. The van der Waals surface area contributed by atoms with Gasteiger partial charge in [-0.15, -0.1) is 5.10 Å². The van der Waals surface area contributed by atoms with E-state index >= 15 is 0 Å². The summed E-state index contributed by atoms with van der Waals surface area (Å²) in [5.74, 6) is 0.146. The summed E-state index contributed by atoms with van der Waals surface area (Å²) in [5.41, 5.74) is 9.75. The fourth-order valence-corrected chi connectivity index (χ4v) is 6.40. The molecule has 4 N–H and O–H groups in total. The molecule has 4 atom stereocenters. The molecular formula is C29H33FN8O. The number of carbonyl (C=O) groups excluding carboxylic acids is 1. The highest BCUT2D eigenvalue weighted by Crippen LogP contribution is 2.46. The number of primary amides is 1. The van der Waals surface area contributed by atoms with Crippen LogP contribution in [-0.2, 0) is 18.3 Å². The lowest BCUT2D eigenvalue weighted by atomic mass is 9.69. The van der Waals surface area contributed by atoms with Crippen LogP contribution in [0.4, 0.5) is 4.39 Å². The normalized spacial score (nSPS) is 23.9. The van der Waals surface area contributed by atoms with E-state index in [9.17, 15) is 14.4 Å². The van der Waals surface area contributed by atoms with Crippen LogP contribution in [0.3, 0.4) is 0 Å². The smallest absolute Gasteiger partial charge is 0.248 e. The number of rotatable bonds is 8. The lowest BCUT2D eigenvalue weighted by molar-refractivity contribution is 0.1000. The number of nitriles is 1. The van der Waals surface area contributed by atoms with Crippen molar-refractivity contribution in [2.45, 2.75) is 57.0 Å². The summed E-state index contributed by atoms with van der Waals surface area (Å²) in [4.78, 5) is 14.1. The van der Waals surface area contributed by atoms with Crippen molar-refractivity contribution in [3.05, 3.63) is 88.1 Å². The highest BCUT2D eigenvalue weighted by atomic mass is 19.1. The summed E-state index contributed by atoms with van der Waals surface area (Å²) >= 11 is 0. The van der Waals surface area contributed by atoms with Gasteiger partial charge in [0.1, 0.15) is 11.9 Å². The van der Waals surface area contributed by atoms with Crippen LogP contribution < -0.4 is 11.1 Å². The lowest BCUT2D eigenvalue weighted by Crippen LogP contribution is -2.39. The van der Waals surface area contributed by atoms with Crippen molar-refractivity contribution in [1.82, 2.24) is 30.8 Å². The average Bonchev–Trinajstić information content (AvgIpc) is 3.53. The molecule has 5 rings (SSSR count). The summed E-state index contributed by atoms with van der Waals surface area (Å²) < 4.78 is 14.4. The van der Waals surface area contributed by atoms with Gasteiger partial charge in [0.25, 0.3) is 0 Å². The number of benzene rings is 2. The molecule has 1 aromatic heterocycles. The van der Waals surface area contributed by atoms with Crippen molar-refractivity contribution < 1.29 is 9.18 Å². The van der Waals surface area contributed by atoms with E-state index in [0.717, 1.165) is 34.4 Å². The summed E-state index contributed by atoms with van der Waals surface area (Å²) in [6.45, 7) is 9.66. The number of aromatic nitrogens is 4. The Balaban J connectivity index is 1.50. The molecule has 0 spiro atoms. The minimum absolute atomic E-state index is 0.175. The topological polar surface area (TPSA) is 137 Å². The van der Waals surface area contributed by atoms with E-state index in [1.54, 1.807) is 12.1 Å². The number of halogens is 1. The molecule has 9 nitrogen and oxygen atoms in total. The number of likely N-dealkylation sites (tertiary alicyclic amines) is 1. The van der Waals surface area contributed by atoms with Crippen molar-refractivity contribution >= 4 is 5.91 Å². The van der Waals surface area contributed by atoms with Crippen LogP contribution in [-0.4, -0.2) is 56.6 Å². The van der Waals surface area contributed by atoms with Crippen molar-refractivity contribution in [1.29, 1.82) is 5.26 Å². The Kier molecular flexibility index (Phi) is 7.19. The van der Waals surface area contributed by atoms with Gasteiger partial charge >= 0.3 is 0 Å². The van der Waals surface area contributed by atoms with E-state index in [2.05, 4.69) is 57.3 Å². The maximum atomic E-state index is 14.4. The van der Waals surface area contributed by atoms with Crippen LogP contribution in [0.25, 0.3) is 0 Å². The van der Waals surface area contributed by atoms with Crippen LogP contribution in [0.5, 0.6) is 0 Å². The summed E-state index contributed by atoms with van der Waals surface area (Å²) in [6, 6.07) is 12.8. The Bertz CT molecular complexity index is 1430.